The maximum Gasteiger partial charge on any atom is 0.310 e. The molecule has 0 saturated carbocycles. The summed E-state index contributed by atoms with van der Waals surface area (Å²) in [5.41, 5.74) is 1.33. The van der Waals surface area contributed by atoms with Crippen molar-refractivity contribution in [3.8, 4) is 0 Å². The van der Waals surface area contributed by atoms with Gasteiger partial charge in [-0.25, -0.2) is 5.01 Å². The summed E-state index contributed by atoms with van der Waals surface area (Å²) in [4.78, 5) is 77.1. The van der Waals surface area contributed by atoms with Gasteiger partial charge in [0, 0.05) is 25.5 Å². The monoisotopic (exact) mass is 625 g/mol. The van der Waals surface area contributed by atoms with Crippen LogP contribution in [0.1, 0.15) is 54.9 Å². The third kappa shape index (κ3) is 7.00. The van der Waals surface area contributed by atoms with Crippen molar-refractivity contribution in [2.75, 3.05) is 11.9 Å². The third-order valence-corrected chi connectivity index (χ3v) is 7.87. The molecule has 3 N–H and O–H groups in total. The number of carbonyl (C=O) groups is 6. The molecule has 5 rings (SSSR count). The number of anilines is 1. The lowest BCUT2D eigenvalue weighted by Gasteiger charge is -2.43. The number of halogens is 1. The van der Waals surface area contributed by atoms with Gasteiger partial charge in [0.15, 0.2) is 0 Å². The maximum absolute atomic E-state index is 13.8. The fourth-order valence-corrected chi connectivity index (χ4v) is 5.66. The van der Waals surface area contributed by atoms with E-state index >= 15 is 0 Å². The minimum Gasteiger partial charge on any atom is -0.433 e. The second kappa shape index (κ2) is 13.4. The number of carbonyl (C=O) groups excluding carboxylic acids is 6. The molecule has 0 aliphatic carbocycles. The standard InChI is InChI=1S/C30H32ClN5O8/c1-17(37)32-21-10-9-19(14-20(21)31)27(40)33-22-11-12-25(38)35-13-5-8-24(36(35)29(22)42)28(41)34-23-15-26(39)44-30(23)43-16-18-6-3-2-4-7-18/h2-4,6-7,9-10,14,22-24,30H,5,8,11-13,15-16H2,1H3,(H,32,37)(H,33,40)(H,34,41). The van der Waals surface area contributed by atoms with Crippen molar-refractivity contribution in [3.63, 3.8) is 0 Å². The topological polar surface area (TPSA) is 163 Å². The molecule has 0 aromatic heterocycles. The highest BCUT2D eigenvalue weighted by Gasteiger charge is 2.46. The fourth-order valence-electron chi connectivity index (χ4n) is 5.43. The molecule has 3 saturated heterocycles. The van der Waals surface area contributed by atoms with E-state index < -0.39 is 48.1 Å². The van der Waals surface area contributed by atoms with E-state index in [0.717, 1.165) is 10.6 Å². The van der Waals surface area contributed by atoms with Gasteiger partial charge < -0.3 is 25.4 Å². The zero-order chi connectivity index (χ0) is 31.4. The molecule has 232 valence electrons. The molecule has 3 fully saturated rings. The quantitative estimate of drug-likeness (QED) is 0.375. The first-order valence-corrected chi connectivity index (χ1v) is 14.6. The van der Waals surface area contributed by atoms with E-state index in [1.165, 1.54) is 30.1 Å². The number of benzene rings is 2. The molecule has 3 heterocycles. The van der Waals surface area contributed by atoms with Gasteiger partial charge in [-0.15, -0.1) is 0 Å². The number of nitrogens with one attached hydrogen (secondary N) is 3. The average Bonchev–Trinajstić information content (AvgIpc) is 3.30. The second-order valence-corrected chi connectivity index (χ2v) is 11.2. The van der Waals surface area contributed by atoms with Crippen molar-refractivity contribution in [2.24, 2.45) is 0 Å². The Balaban J connectivity index is 1.28. The number of hydrogen-bond donors (Lipinski definition) is 3. The normalized spacial score (nSPS) is 23.4. The Morgan fingerprint density at radius 2 is 1.82 bits per heavy atom. The molecule has 4 unspecified atom stereocenters. The van der Waals surface area contributed by atoms with Crippen LogP contribution in [0, 0.1) is 0 Å². The zero-order valence-corrected chi connectivity index (χ0v) is 24.7. The van der Waals surface area contributed by atoms with Crippen LogP contribution in [0.4, 0.5) is 5.69 Å². The van der Waals surface area contributed by atoms with Crippen molar-refractivity contribution >= 4 is 52.8 Å². The number of amides is 5. The average molecular weight is 626 g/mol. The van der Waals surface area contributed by atoms with E-state index in [1.807, 2.05) is 30.3 Å². The summed E-state index contributed by atoms with van der Waals surface area (Å²) in [5, 5.41) is 10.5. The fraction of sp³-hybridized carbons (Fsp3) is 0.400. The largest absolute Gasteiger partial charge is 0.433 e. The summed E-state index contributed by atoms with van der Waals surface area (Å²) >= 11 is 6.21. The summed E-state index contributed by atoms with van der Waals surface area (Å²) in [6, 6.07) is 10.6. The van der Waals surface area contributed by atoms with Gasteiger partial charge >= 0.3 is 5.97 Å². The van der Waals surface area contributed by atoms with Gasteiger partial charge in [0.25, 0.3) is 11.8 Å². The maximum atomic E-state index is 13.8. The SMILES string of the molecule is CC(=O)Nc1ccc(C(=O)NC2CCC(=O)N3CCCC(C(=O)NC4CC(=O)OC4OCc4ccccc4)N3C2=O)cc1Cl. The molecule has 13 nitrogen and oxygen atoms in total. The summed E-state index contributed by atoms with van der Waals surface area (Å²) < 4.78 is 11.1. The number of hydrazine groups is 1. The Labute approximate surface area is 258 Å². The van der Waals surface area contributed by atoms with Gasteiger partial charge in [0.1, 0.15) is 18.1 Å². The first kappa shape index (κ1) is 31.0. The van der Waals surface area contributed by atoms with E-state index in [9.17, 15) is 28.8 Å². The van der Waals surface area contributed by atoms with Crippen LogP contribution in [0.5, 0.6) is 0 Å². The van der Waals surface area contributed by atoms with Crippen LogP contribution in [-0.2, 0) is 40.1 Å². The number of fused-ring (bicyclic) bond motifs is 1. The Kier molecular flexibility index (Phi) is 9.45. The van der Waals surface area contributed by atoms with E-state index in [0.29, 0.717) is 12.1 Å². The van der Waals surface area contributed by atoms with Crippen molar-refractivity contribution < 1.29 is 38.2 Å². The van der Waals surface area contributed by atoms with Crippen molar-refractivity contribution in [1.29, 1.82) is 0 Å². The summed E-state index contributed by atoms with van der Waals surface area (Å²) in [6.07, 6.45) is -0.399. The Bertz CT molecular complexity index is 1470. The van der Waals surface area contributed by atoms with Crippen LogP contribution < -0.4 is 16.0 Å². The van der Waals surface area contributed by atoms with Crippen LogP contribution >= 0.6 is 11.6 Å². The second-order valence-electron chi connectivity index (χ2n) is 10.8. The van der Waals surface area contributed by atoms with E-state index in [-0.39, 0.29) is 61.2 Å². The van der Waals surface area contributed by atoms with Crippen molar-refractivity contribution in [2.45, 2.75) is 70.1 Å². The van der Waals surface area contributed by atoms with E-state index in [2.05, 4.69) is 16.0 Å². The van der Waals surface area contributed by atoms with Gasteiger partial charge in [0.2, 0.25) is 24.0 Å². The van der Waals surface area contributed by atoms with E-state index in [1.54, 1.807) is 0 Å². The highest BCUT2D eigenvalue weighted by molar-refractivity contribution is 6.34. The first-order chi connectivity index (χ1) is 21.1. The highest BCUT2D eigenvalue weighted by atomic mass is 35.5. The molecule has 3 aliphatic rings. The van der Waals surface area contributed by atoms with Crippen molar-refractivity contribution in [1.82, 2.24) is 20.7 Å². The van der Waals surface area contributed by atoms with Gasteiger partial charge in [-0.05, 0) is 43.0 Å². The molecule has 0 bridgehead atoms. The predicted molar refractivity (Wildman–Crippen MR) is 155 cm³/mol. The van der Waals surface area contributed by atoms with Crippen LogP contribution in [0.15, 0.2) is 48.5 Å². The minimum atomic E-state index is -1.10. The van der Waals surface area contributed by atoms with Crippen LogP contribution in [0.3, 0.4) is 0 Å². The smallest absolute Gasteiger partial charge is 0.310 e. The van der Waals surface area contributed by atoms with Gasteiger partial charge in [-0.3, -0.25) is 33.8 Å². The number of nitrogens with zero attached hydrogens (tertiary/aromatic N) is 2. The molecule has 44 heavy (non-hydrogen) atoms. The van der Waals surface area contributed by atoms with Crippen LogP contribution in [-0.4, -0.2) is 76.5 Å². The molecule has 5 amide bonds. The number of ether oxygens (including phenoxy) is 2. The summed E-state index contributed by atoms with van der Waals surface area (Å²) in [6.45, 7) is 1.72. The lowest BCUT2D eigenvalue weighted by atomic mass is 10.0. The zero-order valence-electron chi connectivity index (χ0n) is 23.9. The summed E-state index contributed by atoms with van der Waals surface area (Å²) in [5.74, 6) is -3.00. The highest BCUT2D eigenvalue weighted by Crippen LogP contribution is 2.27. The molecule has 4 atom stereocenters. The lowest BCUT2D eigenvalue weighted by Crippen LogP contribution is -2.64. The lowest BCUT2D eigenvalue weighted by molar-refractivity contribution is -0.177. The molecule has 0 spiro atoms. The number of cyclic esters (lactones) is 1. The molecular weight excluding hydrogens is 594 g/mol. The molecule has 2 aromatic carbocycles. The molecule has 2 aromatic rings. The van der Waals surface area contributed by atoms with E-state index in [4.69, 9.17) is 21.1 Å². The first-order valence-electron chi connectivity index (χ1n) is 14.3. The molecule has 14 heteroatoms. The number of rotatable bonds is 8. The summed E-state index contributed by atoms with van der Waals surface area (Å²) in [7, 11) is 0. The predicted octanol–water partition coefficient (Wildman–Crippen LogP) is 1.90. The number of hydrogen-bond acceptors (Lipinski definition) is 8. The van der Waals surface area contributed by atoms with Crippen molar-refractivity contribution in [3.05, 3.63) is 64.7 Å². The Hall–Kier alpha value is -4.49. The third-order valence-electron chi connectivity index (χ3n) is 7.56. The van der Waals surface area contributed by atoms with Crippen LogP contribution in [0.2, 0.25) is 5.02 Å². The minimum absolute atomic E-state index is 0.0237. The molecular formula is C30H32ClN5O8. The number of esters is 1. The molecule has 0 radical (unpaired) electrons. The molecule has 3 aliphatic heterocycles. The Morgan fingerprint density at radius 1 is 1.05 bits per heavy atom. The Morgan fingerprint density at radius 3 is 2.55 bits per heavy atom. The van der Waals surface area contributed by atoms with Gasteiger partial charge in [0.05, 0.1) is 23.7 Å². The van der Waals surface area contributed by atoms with Crippen LogP contribution in [0.25, 0.3) is 0 Å². The van der Waals surface area contributed by atoms with Gasteiger partial charge in [-0.1, -0.05) is 41.9 Å². The van der Waals surface area contributed by atoms with Gasteiger partial charge in [-0.2, -0.15) is 0 Å².